The molecule has 8 rings (SSSR count). The summed E-state index contributed by atoms with van der Waals surface area (Å²) < 4.78 is 12.2. The second kappa shape index (κ2) is 9.74. The number of benzene rings is 1. The summed E-state index contributed by atoms with van der Waals surface area (Å²) in [6, 6.07) is 4.33. The van der Waals surface area contributed by atoms with Crippen molar-refractivity contribution in [1.29, 1.82) is 0 Å². The number of hydrogen-bond donors (Lipinski definition) is 1. The van der Waals surface area contributed by atoms with Gasteiger partial charge in [0.25, 0.3) is 0 Å². The molecule has 1 spiro atoms. The Morgan fingerprint density at radius 1 is 1.05 bits per heavy atom. The van der Waals surface area contributed by atoms with Crippen LogP contribution in [0.15, 0.2) is 24.3 Å². The predicted octanol–water partition coefficient (Wildman–Crippen LogP) is 6.46. The van der Waals surface area contributed by atoms with Gasteiger partial charge in [0.05, 0.1) is 18.6 Å². The van der Waals surface area contributed by atoms with Crippen molar-refractivity contribution in [2.75, 3.05) is 33.8 Å². The summed E-state index contributed by atoms with van der Waals surface area (Å²) in [5.41, 5.74) is 4.23. The first kappa shape index (κ1) is 27.3. The van der Waals surface area contributed by atoms with Crippen LogP contribution in [-0.4, -0.2) is 66.4 Å². The third kappa shape index (κ3) is 4.45. The molecule has 7 aliphatic rings. The molecular formula is C35H52N2O3. The van der Waals surface area contributed by atoms with E-state index in [1.165, 1.54) is 81.9 Å². The van der Waals surface area contributed by atoms with E-state index in [0.29, 0.717) is 22.8 Å². The minimum Gasteiger partial charge on any atom is -0.493 e. The van der Waals surface area contributed by atoms with Crippen LogP contribution in [0.3, 0.4) is 0 Å². The van der Waals surface area contributed by atoms with Gasteiger partial charge in [-0.15, -0.1) is 0 Å². The average Bonchev–Trinajstić information content (AvgIpc) is 3.12. The SMILES string of the molecule is COc1ccc2c3c1O[C@H]1C[C@@H](O)C=C[C@@]31CCN(CCCCCCN(C)C13CC4C[C@@](C)(C1)C[C@](C)(C4)C3)C2. The highest BCUT2D eigenvalue weighted by Gasteiger charge is 2.61. The molecule has 0 saturated heterocycles. The molecule has 220 valence electrons. The van der Waals surface area contributed by atoms with E-state index in [4.69, 9.17) is 9.47 Å². The predicted molar refractivity (Wildman–Crippen MR) is 160 cm³/mol. The molecule has 5 aliphatic carbocycles. The molecule has 2 aliphatic heterocycles. The van der Waals surface area contributed by atoms with Crippen molar-refractivity contribution in [2.24, 2.45) is 16.7 Å². The molecule has 4 saturated carbocycles. The summed E-state index contributed by atoms with van der Waals surface area (Å²) in [6.07, 6.45) is 19.6. The first-order valence-corrected chi connectivity index (χ1v) is 16.3. The largest absolute Gasteiger partial charge is 0.493 e. The minimum atomic E-state index is -0.424. The number of aliphatic hydroxyl groups excluding tert-OH is 1. The topological polar surface area (TPSA) is 45.2 Å². The van der Waals surface area contributed by atoms with E-state index < -0.39 is 6.10 Å². The van der Waals surface area contributed by atoms with Crippen molar-refractivity contribution in [1.82, 2.24) is 9.80 Å². The molecule has 4 bridgehead atoms. The van der Waals surface area contributed by atoms with E-state index in [-0.39, 0.29) is 11.5 Å². The van der Waals surface area contributed by atoms with Crippen LogP contribution < -0.4 is 9.47 Å². The number of nitrogens with zero attached hydrogens (tertiary/aromatic N) is 2. The fraction of sp³-hybridized carbons (Fsp3) is 0.771. The summed E-state index contributed by atoms with van der Waals surface area (Å²) in [5, 5.41) is 10.3. The Hall–Kier alpha value is -1.56. The van der Waals surface area contributed by atoms with Gasteiger partial charge in [-0.2, -0.15) is 0 Å². The summed E-state index contributed by atoms with van der Waals surface area (Å²) in [4.78, 5) is 5.48. The summed E-state index contributed by atoms with van der Waals surface area (Å²) >= 11 is 0. The summed E-state index contributed by atoms with van der Waals surface area (Å²) in [6.45, 7) is 9.67. The van der Waals surface area contributed by atoms with Crippen molar-refractivity contribution in [3.05, 3.63) is 35.4 Å². The van der Waals surface area contributed by atoms with Crippen molar-refractivity contribution >= 4 is 0 Å². The third-order valence-electron chi connectivity index (χ3n) is 12.2. The Labute approximate surface area is 242 Å². The lowest BCUT2D eigenvalue weighted by atomic mass is 9.42. The third-order valence-corrected chi connectivity index (χ3v) is 12.2. The number of aliphatic hydroxyl groups is 1. The maximum Gasteiger partial charge on any atom is 0.166 e. The molecule has 2 unspecified atom stereocenters. The number of rotatable bonds is 9. The number of ether oxygens (including phenoxy) is 2. The van der Waals surface area contributed by atoms with Crippen LogP contribution >= 0.6 is 0 Å². The zero-order chi connectivity index (χ0) is 27.8. The van der Waals surface area contributed by atoms with Crippen LogP contribution in [-0.2, 0) is 12.0 Å². The smallest absolute Gasteiger partial charge is 0.166 e. The van der Waals surface area contributed by atoms with Gasteiger partial charge in [-0.05, 0) is 113 Å². The Morgan fingerprint density at radius 3 is 2.58 bits per heavy atom. The van der Waals surface area contributed by atoms with Gasteiger partial charge >= 0.3 is 0 Å². The van der Waals surface area contributed by atoms with Gasteiger partial charge in [-0.1, -0.05) is 44.9 Å². The van der Waals surface area contributed by atoms with Crippen molar-refractivity contribution in [2.45, 2.75) is 121 Å². The first-order valence-electron chi connectivity index (χ1n) is 16.3. The van der Waals surface area contributed by atoms with Gasteiger partial charge in [0.15, 0.2) is 11.5 Å². The molecule has 2 heterocycles. The maximum atomic E-state index is 10.3. The molecule has 0 amide bonds. The van der Waals surface area contributed by atoms with Gasteiger partial charge < -0.3 is 19.5 Å². The van der Waals surface area contributed by atoms with Crippen LogP contribution in [0.1, 0.15) is 102 Å². The molecule has 1 aromatic rings. The van der Waals surface area contributed by atoms with Crippen LogP contribution in [0.25, 0.3) is 0 Å². The normalized spacial score (nSPS) is 41.1. The van der Waals surface area contributed by atoms with E-state index in [9.17, 15) is 5.11 Å². The fourth-order valence-electron chi connectivity index (χ4n) is 11.3. The van der Waals surface area contributed by atoms with Crippen LogP contribution in [0.5, 0.6) is 11.5 Å². The molecule has 5 nitrogen and oxygen atoms in total. The lowest BCUT2D eigenvalue weighted by Crippen LogP contribution is -2.64. The molecule has 1 N–H and O–H groups in total. The van der Waals surface area contributed by atoms with E-state index >= 15 is 0 Å². The highest BCUT2D eigenvalue weighted by molar-refractivity contribution is 5.61. The van der Waals surface area contributed by atoms with Crippen LogP contribution in [0.2, 0.25) is 0 Å². The molecule has 1 aromatic carbocycles. The monoisotopic (exact) mass is 548 g/mol. The maximum absolute atomic E-state index is 10.3. The first-order chi connectivity index (χ1) is 19.1. The molecular weight excluding hydrogens is 496 g/mol. The Bertz CT molecular complexity index is 1150. The van der Waals surface area contributed by atoms with Gasteiger partial charge in [0.1, 0.15) is 6.10 Å². The second-order valence-corrected chi connectivity index (χ2v) is 15.7. The standard InChI is InChI=1S/C35H52N2O3/c1-32-18-25-19-33(2,22-32)24-34(20-25,23-32)36(3)14-7-5-6-8-15-37-16-13-35-12-11-27(38)17-29(35)40-31-28(39-4)10-9-26(21-37)30(31)35/h9-12,25,27,29,38H,5-8,13-24H2,1-4H3/t25?,27-,29-,32-,33+,34?,35-/m0/s1. The van der Waals surface area contributed by atoms with Crippen molar-refractivity contribution in [3.63, 3.8) is 0 Å². The zero-order valence-corrected chi connectivity index (χ0v) is 25.5. The zero-order valence-electron chi connectivity index (χ0n) is 25.5. The summed E-state index contributed by atoms with van der Waals surface area (Å²) in [7, 11) is 4.18. The quantitative estimate of drug-likeness (QED) is 0.283. The van der Waals surface area contributed by atoms with E-state index in [2.05, 4.69) is 48.9 Å². The van der Waals surface area contributed by atoms with Gasteiger partial charge in [-0.25, -0.2) is 0 Å². The molecule has 0 radical (unpaired) electrons. The Kier molecular flexibility index (Phi) is 6.64. The van der Waals surface area contributed by atoms with E-state index in [1.807, 2.05) is 6.08 Å². The van der Waals surface area contributed by atoms with E-state index in [0.717, 1.165) is 43.5 Å². The van der Waals surface area contributed by atoms with E-state index in [1.54, 1.807) is 7.11 Å². The fourth-order valence-corrected chi connectivity index (χ4v) is 11.3. The number of methoxy groups -OCH3 is 1. The van der Waals surface area contributed by atoms with Crippen molar-refractivity contribution < 1.29 is 14.6 Å². The van der Waals surface area contributed by atoms with Gasteiger partial charge in [-0.3, -0.25) is 4.90 Å². The Morgan fingerprint density at radius 2 is 1.82 bits per heavy atom. The molecule has 5 heteroatoms. The molecule has 0 aromatic heterocycles. The Balaban J connectivity index is 0.931. The van der Waals surface area contributed by atoms with Gasteiger partial charge in [0.2, 0.25) is 0 Å². The highest BCUT2D eigenvalue weighted by Crippen LogP contribution is 2.67. The average molecular weight is 549 g/mol. The molecule has 4 fully saturated rings. The summed E-state index contributed by atoms with van der Waals surface area (Å²) in [5.74, 6) is 2.71. The minimum absolute atomic E-state index is 0.00589. The second-order valence-electron chi connectivity index (χ2n) is 15.7. The highest BCUT2D eigenvalue weighted by atomic mass is 16.5. The molecule has 7 atom stereocenters. The van der Waals surface area contributed by atoms with Gasteiger partial charge in [0, 0.05) is 24.1 Å². The van der Waals surface area contributed by atoms with Crippen molar-refractivity contribution in [3.8, 4) is 11.5 Å². The van der Waals surface area contributed by atoms with Crippen LogP contribution in [0.4, 0.5) is 0 Å². The lowest BCUT2D eigenvalue weighted by Gasteiger charge is -2.67. The number of hydrogen-bond acceptors (Lipinski definition) is 5. The molecule has 40 heavy (non-hydrogen) atoms. The number of unbranched alkanes of at least 4 members (excludes halogenated alkanes) is 3. The lowest BCUT2D eigenvalue weighted by molar-refractivity contribution is -0.156. The van der Waals surface area contributed by atoms with Crippen LogP contribution in [0, 0.1) is 16.7 Å².